The van der Waals surface area contributed by atoms with Gasteiger partial charge in [-0.3, -0.25) is 14.7 Å². The largest absolute Gasteiger partial charge is 0.395 e. The first-order chi connectivity index (χ1) is 9.10. The van der Waals surface area contributed by atoms with E-state index in [1.807, 2.05) is 4.90 Å². The van der Waals surface area contributed by atoms with Gasteiger partial charge in [-0.1, -0.05) is 0 Å². The first kappa shape index (κ1) is 12.2. The van der Waals surface area contributed by atoms with E-state index in [1.165, 1.54) is 0 Å². The van der Waals surface area contributed by atoms with Crippen LogP contribution in [0.1, 0.15) is 5.56 Å². The molecule has 3 rings (SSSR count). The van der Waals surface area contributed by atoms with Gasteiger partial charge >= 0.3 is 0 Å². The SMILES string of the molecule is Nc1nc2c(CN3C[C@@H](O)[C@@H]3CO)c[nH]c2c(=O)[nH]1. The van der Waals surface area contributed by atoms with E-state index >= 15 is 0 Å². The van der Waals surface area contributed by atoms with Crippen molar-refractivity contribution in [1.82, 2.24) is 19.9 Å². The molecule has 0 unspecified atom stereocenters. The number of aromatic nitrogens is 3. The maximum Gasteiger partial charge on any atom is 0.276 e. The number of anilines is 1. The van der Waals surface area contributed by atoms with Crippen LogP contribution in [0, 0.1) is 0 Å². The van der Waals surface area contributed by atoms with Crippen molar-refractivity contribution in [2.45, 2.75) is 18.7 Å². The van der Waals surface area contributed by atoms with Crippen molar-refractivity contribution in [1.29, 1.82) is 0 Å². The molecule has 19 heavy (non-hydrogen) atoms. The molecule has 0 saturated carbocycles. The number of likely N-dealkylation sites (tertiary alicyclic amines) is 1. The first-order valence-electron chi connectivity index (χ1n) is 5.99. The quantitative estimate of drug-likeness (QED) is 0.453. The molecule has 1 saturated heterocycles. The number of nitrogens with one attached hydrogen (secondary N) is 2. The Morgan fingerprint density at radius 2 is 2.37 bits per heavy atom. The molecule has 2 aromatic rings. The summed E-state index contributed by atoms with van der Waals surface area (Å²) in [7, 11) is 0. The molecule has 1 aliphatic rings. The molecule has 8 nitrogen and oxygen atoms in total. The first-order valence-corrected chi connectivity index (χ1v) is 5.99. The molecule has 0 spiro atoms. The average Bonchev–Trinajstić information content (AvgIpc) is 2.72. The summed E-state index contributed by atoms with van der Waals surface area (Å²) >= 11 is 0. The van der Waals surface area contributed by atoms with E-state index in [-0.39, 0.29) is 24.2 Å². The molecule has 0 radical (unpaired) electrons. The van der Waals surface area contributed by atoms with E-state index in [0.717, 1.165) is 5.56 Å². The fraction of sp³-hybridized carbons (Fsp3) is 0.455. The van der Waals surface area contributed by atoms with Crippen LogP contribution < -0.4 is 11.3 Å². The maximum atomic E-state index is 11.7. The standard InChI is InChI=1S/C11H15N5O3/c12-11-14-8-5(1-13-9(8)10(19)15-11)2-16-3-7(18)6(16)4-17/h1,6-7,13,17-18H,2-4H2,(H3,12,14,15,19)/t6-,7+/m0/s1. The van der Waals surface area contributed by atoms with Gasteiger partial charge in [-0.15, -0.1) is 0 Å². The number of hydrogen-bond donors (Lipinski definition) is 5. The Balaban J connectivity index is 1.92. The molecule has 0 bridgehead atoms. The van der Waals surface area contributed by atoms with Gasteiger partial charge in [0.25, 0.3) is 5.56 Å². The zero-order valence-corrected chi connectivity index (χ0v) is 10.1. The van der Waals surface area contributed by atoms with Crippen LogP contribution in [0.2, 0.25) is 0 Å². The van der Waals surface area contributed by atoms with E-state index in [2.05, 4.69) is 15.0 Å². The molecule has 8 heteroatoms. The number of rotatable bonds is 3. The zero-order valence-electron chi connectivity index (χ0n) is 10.1. The predicted molar refractivity (Wildman–Crippen MR) is 68.4 cm³/mol. The molecule has 6 N–H and O–H groups in total. The van der Waals surface area contributed by atoms with Crippen LogP contribution >= 0.6 is 0 Å². The Labute approximate surface area is 107 Å². The highest BCUT2D eigenvalue weighted by Gasteiger charge is 2.37. The van der Waals surface area contributed by atoms with E-state index < -0.39 is 6.10 Å². The zero-order chi connectivity index (χ0) is 13.6. The lowest BCUT2D eigenvalue weighted by molar-refractivity contribution is -0.0864. The lowest BCUT2D eigenvalue weighted by atomic mass is 9.99. The lowest BCUT2D eigenvalue weighted by Gasteiger charge is -2.44. The topological polar surface area (TPSA) is 131 Å². The van der Waals surface area contributed by atoms with E-state index in [9.17, 15) is 9.90 Å². The normalized spacial score (nSPS) is 23.7. The van der Waals surface area contributed by atoms with Crippen molar-refractivity contribution >= 4 is 17.0 Å². The van der Waals surface area contributed by atoms with Crippen LogP contribution in [-0.4, -0.2) is 55.4 Å². The molecule has 0 amide bonds. The fourth-order valence-corrected chi connectivity index (χ4v) is 2.45. The molecule has 0 aliphatic carbocycles. The number of nitrogens with zero attached hydrogens (tertiary/aromatic N) is 2. The highest BCUT2D eigenvalue weighted by Crippen LogP contribution is 2.23. The number of fused-ring (bicyclic) bond motifs is 1. The molecule has 3 heterocycles. The average molecular weight is 265 g/mol. The van der Waals surface area contributed by atoms with E-state index in [4.69, 9.17) is 10.8 Å². The van der Waals surface area contributed by atoms with Crippen LogP contribution in [-0.2, 0) is 6.54 Å². The highest BCUT2D eigenvalue weighted by molar-refractivity contribution is 5.78. The van der Waals surface area contributed by atoms with Gasteiger partial charge in [-0.2, -0.15) is 0 Å². The third-order valence-electron chi connectivity index (χ3n) is 3.53. The minimum atomic E-state index is -0.503. The lowest BCUT2D eigenvalue weighted by Crippen LogP contribution is -2.61. The second kappa shape index (κ2) is 4.34. The fourth-order valence-electron chi connectivity index (χ4n) is 2.45. The summed E-state index contributed by atoms with van der Waals surface area (Å²) in [5.41, 5.74) is 6.95. The molecule has 2 atom stereocenters. The second-order valence-corrected chi connectivity index (χ2v) is 4.74. The molecular formula is C11H15N5O3. The van der Waals surface area contributed by atoms with Crippen LogP contribution in [0.5, 0.6) is 0 Å². The van der Waals surface area contributed by atoms with Crippen molar-refractivity contribution in [3.8, 4) is 0 Å². The summed E-state index contributed by atoms with van der Waals surface area (Å²) in [6, 6.07) is -0.260. The Morgan fingerprint density at radius 3 is 3.05 bits per heavy atom. The van der Waals surface area contributed by atoms with Gasteiger partial charge < -0.3 is 20.9 Å². The van der Waals surface area contributed by atoms with Crippen molar-refractivity contribution in [2.75, 3.05) is 18.9 Å². The van der Waals surface area contributed by atoms with Gasteiger partial charge in [-0.25, -0.2) is 4.98 Å². The molecule has 0 aromatic carbocycles. The van der Waals surface area contributed by atoms with Crippen LogP contribution in [0.25, 0.3) is 11.0 Å². The summed E-state index contributed by atoms with van der Waals surface area (Å²) in [5.74, 6) is 0.0701. The maximum absolute atomic E-state index is 11.7. The molecule has 1 aliphatic heterocycles. The third kappa shape index (κ3) is 1.89. The van der Waals surface area contributed by atoms with Gasteiger partial charge in [0, 0.05) is 24.8 Å². The number of β-amino-alcohol motifs (C(OH)–C–C–N with tert-alkyl or cyclic N) is 1. The van der Waals surface area contributed by atoms with Crippen LogP contribution in [0.15, 0.2) is 11.0 Å². The summed E-state index contributed by atoms with van der Waals surface area (Å²) in [6.45, 7) is 0.897. The van der Waals surface area contributed by atoms with Crippen LogP contribution in [0.3, 0.4) is 0 Å². The Morgan fingerprint density at radius 1 is 1.58 bits per heavy atom. The second-order valence-electron chi connectivity index (χ2n) is 4.74. The van der Waals surface area contributed by atoms with Gasteiger partial charge in [0.1, 0.15) is 11.0 Å². The van der Waals surface area contributed by atoms with Crippen molar-refractivity contribution in [2.24, 2.45) is 0 Å². The number of aliphatic hydroxyl groups is 2. The highest BCUT2D eigenvalue weighted by atomic mass is 16.3. The van der Waals surface area contributed by atoms with E-state index in [1.54, 1.807) is 6.20 Å². The van der Waals surface area contributed by atoms with Gasteiger partial charge in [0.15, 0.2) is 0 Å². The molecule has 102 valence electrons. The Kier molecular flexibility index (Phi) is 2.77. The Hall–Kier alpha value is -1.90. The van der Waals surface area contributed by atoms with E-state index in [0.29, 0.717) is 24.1 Å². The third-order valence-corrected chi connectivity index (χ3v) is 3.53. The number of aromatic amines is 2. The summed E-state index contributed by atoms with van der Waals surface area (Å²) < 4.78 is 0. The van der Waals surface area contributed by atoms with Crippen molar-refractivity contribution in [3.05, 3.63) is 22.1 Å². The smallest absolute Gasteiger partial charge is 0.276 e. The summed E-state index contributed by atoms with van der Waals surface area (Å²) in [5, 5.41) is 18.7. The van der Waals surface area contributed by atoms with Gasteiger partial charge in [0.2, 0.25) is 5.95 Å². The van der Waals surface area contributed by atoms with Gasteiger partial charge in [-0.05, 0) is 0 Å². The Bertz CT molecular complexity index is 664. The number of H-pyrrole nitrogens is 2. The monoisotopic (exact) mass is 265 g/mol. The summed E-state index contributed by atoms with van der Waals surface area (Å²) in [4.78, 5) is 23.0. The minimum absolute atomic E-state index is 0.0701. The predicted octanol–water partition coefficient (Wildman–Crippen LogP) is -1.63. The van der Waals surface area contributed by atoms with Crippen molar-refractivity contribution in [3.63, 3.8) is 0 Å². The molecule has 2 aromatic heterocycles. The molecular weight excluding hydrogens is 250 g/mol. The van der Waals surface area contributed by atoms with Gasteiger partial charge in [0.05, 0.1) is 18.8 Å². The number of aliphatic hydroxyl groups excluding tert-OH is 2. The summed E-state index contributed by atoms with van der Waals surface area (Å²) in [6.07, 6.45) is 1.20. The number of nitrogens with two attached hydrogens (primary N) is 1. The number of nitrogen functional groups attached to an aromatic ring is 1. The van der Waals surface area contributed by atoms with Crippen molar-refractivity contribution < 1.29 is 10.2 Å². The van der Waals surface area contributed by atoms with Crippen LogP contribution in [0.4, 0.5) is 5.95 Å². The molecule has 1 fully saturated rings. The number of hydrogen-bond acceptors (Lipinski definition) is 6. The minimum Gasteiger partial charge on any atom is -0.395 e.